The molecule has 0 amide bonds. The zero-order chi connectivity index (χ0) is 30.8. The van der Waals surface area contributed by atoms with Gasteiger partial charge in [-0.15, -0.1) is 0 Å². The van der Waals surface area contributed by atoms with Crippen molar-refractivity contribution in [1.29, 1.82) is 10.5 Å². The summed E-state index contributed by atoms with van der Waals surface area (Å²) in [6.07, 6.45) is 0. The number of carbonyl (C=O) groups excluding carboxylic acids is 1. The predicted molar refractivity (Wildman–Crippen MR) is 162 cm³/mol. The molecule has 0 bridgehead atoms. The number of ketones is 1. The molecule has 5 aromatic carbocycles. The van der Waals surface area contributed by atoms with Gasteiger partial charge in [0.2, 0.25) is 19.7 Å². The third kappa shape index (κ3) is 3.81. The lowest BCUT2D eigenvalue weighted by Gasteiger charge is -2.09. The Morgan fingerprint density at radius 1 is 0.477 bits per heavy atom. The van der Waals surface area contributed by atoms with Crippen LogP contribution in [-0.2, 0) is 19.7 Å². The summed E-state index contributed by atoms with van der Waals surface area (Å²) in [4.78, 5) is 14.2. The molecular weight excluding hydrogens is 593 g/mol. The first-order valence-corrected chi connectivity index (χ1v) is 16.3. The van der Waals surface area contributed by atoms with Crippen LogP contribution >= 0.6 is 0 Å². The molecule has 0 N–H and O–H groups in total. The van der Waals surface area contributed by atoms with Crippen molar-refractivity contribution < 1.29 is 21.6 Å². The van der Waals surface area contributed by atoms with E-state index in [1.807, 2.05) is 12.1 Å². The van der Waals surface area contributed by atoms with Crippen molar-refractivity contribution in [2.45, 2.75) is 19.6 Å². The van der Waals surface area contributed by atoms with Crippen molar-refractivity contribution in [3.63, 3.8) is 0 Å². The highest BCUT2D eigenvalue weighted by atomic mass is 32.2. The van der Waals surface area contributed by atoms with Crippen LogP contribution in [0.15, 0.2) is 134 Å². The van der Waals surface area contributed by atoms with Gasteiger partial charge in [0.05, 0.1) is 19.6 Å². The molecule has 0 aliphatic heterocycles. The molecule has 2 aliphatic carbocycles. The fraction of sp³-hybridized carbons (Fsp3) is 0. The fourth-order valence-electron chi connectivity index (χ4n) is 5.94. The third-order valence-electron chi connectivity index (χ3n) is 7.96. The molecular formula is C35H18N2O5S2. The normalized spacial score (nSPS) is 12.9. The minimum Gasteiger partial charge on any atom is -0.289 e. The van der Waals surface area contributed by atoms with Gasteiger partial charge in [0.1, 0.15) is 17.7 Å². The minimum atomic E-state index is -3.93. The standard InChI is InChI=1S/C35H18N2O5S2/c36-19-21(20-37)32-29-16-15-27-26-13-11-25(44(41,42)23-9-5-2-6-10-23)18-31(26)35(38)34(27)33(29)28-14-12-24(17-30(28)32)43(39,40)22-7-3-1-4-8-22/h1-18H. The van der Waals surface area contributed by atoms with E-state index >= 15 is 0 Å². The third-order valence-corrected chi connectivity index (χ3v) is 11.5. The molecule has 0 aromatic heterocycles. The lowest BCUT2D eigenvalue weighted by molar-refractivity contribution is 0.104. The van der Waals surface area contributed by atoms with Crippen molar-refractivity contribution in [1.82, 2.24) is 0 Å². The number of sulfone groups is 2. The summed E-state index contributed by atoms with van der Waals surface area (Å²) in [5, 5.41) is 19.7. The highest BCUT2D eigenvalue weighted by Crippen LogP contribution is 2.53. The Morgan fingerprint density at radius 3 is 1.50 bits per heavy atom. The quantitative estimate of drug-likeness (QED) is 0.211. The zero-order valence-electron chi connectivity index (χ0n) is 22.6. The molecule has 0 radical (unpaired) electrons. The Morgan fingerprint density at radius 2 is 0.955 bits per heavy atom. The first-order chi connectivity index (χ1) is 21.2. The molecule has 9 heteroatoms. The molecule has 0 fully saturated rings. The van der Waals surface area contributed by atoms with E-state index in [2.05, 4.69) is 0 Å². The van der Waals surface area contributed by atoms with E-state index in [1.54, 1.807) is 60.7 Å². The molecule has 0 spiro atoms. The monoisotopic (exact) mass is 610 g/mol. The largest absolute Gasteiger partial charge is 0.289 e. The van der Waals surface area contributed by atoms with E-state index in [-0.39, 0.29) is 36.3 Å². The number of carbonyl (C=O) groups is 1. The molecule has 0 unspecified atom stereocenters. The van der Waals surface area contributed by atoms with Gasteiger partial charge in [-0.1, -0.05) is 60.7 Å². The van der Waals surface area contributed by atoms with E-state index in [4.69, 9.17) is 0 Å². The maximum atomic E-state index is 14.1. The summed E-state index contributed by atoms with van der Waals surface area (Å²) in [5.41, 5.74) is 3.43. The molecule has 210 valence electrons. The van der Waals surface area contributed by atoms with Crippen LogP contribution in [0.4, 0.5) is 0 Å². The van der Waals surface area contributed by atoms with Gasteiger partial charge < -0.3 is 0 Å². The smallest absolute Gasteiger partial charge is 0.206 e. The van der Waals surface area contributed by atoms with Crippen LogP contribution < -0.4 is 0 Å². The van der Waals surface area contributed by atoms with Gasteiger partial charge in [-0.3, -0.25) is 4.79 Å². The number of fused-ring (bicyclic) bond motifs is 7. The number of nitrogens with zero attached hydrogens (tertiary/aromatic N) is 2. The number of nitriles is 2. The summed E-state index contributed by atoms with van der Waals surface area (Å²) >= 11 is 0. The summed E-state index contributed by atoms with van der Waals surface area (Å²) in [6, 6.07) is 32.1. The molecule has 0 heterocycles. The summed E-state index contributed by atoms with van der Waals surface area (Å²) in [6.45, 7) is 0. The fourth-order valence-corrected chi connectivity index (χ4v) is 8.55. The molecule has 7 nitrogen and oxygen atoms in total. The molecule has 5 aromatic rings. The van der Waals surface area contributed by atoms with Crippen molar-refractivity contribution >= 4 is 31.0 Å². The summed E-state index contributed by atoms with van der Waals surface area (Å²) in [7, 11) is -7.82. The zero-order valence-corrected chi connectivity index (χ0v) is 24.3. The number of allylic oxidation sites excluding steroid dienone is 1. The summed E-state index contributed by atoms with van der Waals surface area (Å²) in [5.74, 6) is -0.402. The van der Waals surface area contributed by atoms with Gasteiger partial charge in [0.25, 0.3) is 0 Å². The topological polar surface area (TPSA) is 133 Å². The highest BCUT2D eigenvalue weighted by molar-refractivity contribution is 7.91. The maximum absolute atomic E-state index is 14.1. The highest BCUT2D eigenvalue weighted by Gasteiger charge is 2.38. The number of benzene rings is 5. The SMILES string of the molecule is N#CC(C#N)=C1c2cc(S(=O)(=O)c3ccccc3)ccc2-c2c1ccc1c2C(=O)c2cc(S(=O)(=O)c3ccccc3)ccc2-1. The van der Waals surface area contributed by atoms with Gasteiger partial charge in [-0.2, -0.15) is 10.5 Å². The number of rotatable bonds is 4. The second-order valence-electron chi connectivity index (χ2n) is 10.3. The summed E-state index contributed by atoms with van der Waals surface area (Å²) < 4.78 is 53.6. The Kier molecular flexibility index (Phi) is 6.01. The van der Waals surface area contributed by atoms with Crippen LogP contribution in [0.1, 0.15) is 27.0 Å². The first kappa shape index (κ1) is 27.2. The van der Waals surface area contributed by atoms with Crippen molar-refractivity contribution in [2.75, 3.05) is 0 Å². The molecule has 2 aliphatic rings. The van der Waals surface area contributed by atoms with Crippen molar-refractivity contribution in [3.05, 3.63) is 137 Å². The van der Waals surface area contributed by atoms with Gasteiger partial charge in [0, 0.05) is 22.3 Å². The minimum absolute atomic E-state index is 0.0201. The van der Waals surface area contributed by atoms with Crippen LogP contribution in [0.3, 0.4) is 0 Å². The van der Waals surface area contributed by atoms with E-state index in [9.17, 15) is 32.2 Å². The Labute approximate surface area is 253 Å². The maximum Gasteiger partial charge on any atom is 0.206 e. The number of hydrogen-bond donors (Lipinski definition) is 0. The molecule has 7 rings (SSSR count). The van der Waals surface area contributed by atoms with E-state index in [0.717, 1.165) is 0 Å². The molecule has 0 saturated carbocycles. The number of hydrogen-bond acceptors (Lipinski definition) is 7. The molecule has 0 atom stereocenters. The average molecular weight is 611 g/mol. The second-order valence-corrected chi connectivity index (χ2v) is 14.2. The van der Waals surface area contributed by atoms with Gasteiger partial charge in [-0.05, 0) is 76.3 Å². The van der Waals surface area contributed by atoms with E-state index in [0.29, 0.717) is 38.9 Å². The lowest BCUT2D eigenvalue weighted by atomic mass is 9.93. The lowest BCUT2D eigenvalue weighted by Crippen LogP contribution is -2.04. The van der Waals surface area contributed by atoms with Gasteiger partial charge >= 0.3 is 0 Å². The van der Waals surface area contributed by atoms with Crippen LogP contribution in [0.5, 0.6) is 0 Å². The van der Waals surface area contributed by atoms with E-state index in [1.165, 1.54) is 48.5 Å². The van der Waals surface area contributed by atoms with Crippen LogP contribution in [0.25, 0.3) is 27.8 Å². The Bertz CT molecular complexity index is 2420. The van der Waals surface area contributed by atoms with Crippen LogP contribution in [0.2, 0.25) is 0 Å². The Balaban J connectivity index is 1.43. The molecule has 0 saturated heterocycles. The first-order valence-electron chi connectivity index (χ1n) is 13.3. The molecule has 44 heavy (non-hydrogen) atoms. The van der Waals surface area contributed by atoms with Crippen LogP contribution in [0, 0.1) is 22.7 Å². The van der Waals surface area contributed by atoms with Crippen LogP contribution in [-0.4, -0.2) is 22.6 Å². The Hall–Kier alpha value is -5.61. The van der Waals surface area contributed by atoms with E-state index < -0.39 is 25.5 Å². The average Bonchev–Trinajstić information content (AvgIpc) is 3.53. The van der Waals surface area contributed by atoms with Crippen molar-refractivity contribution in [2.24, 2.45) is 0 Å². The second kappa shape index (κ2) is 9.72. The predicted octanol–water partition coefficient (Wildman–Crippen LogP) is 6.39. The van der Waals surface area contributed by atoms with Gasteiger partial charge in [-0.25, -0.2) is 16.8 Å². The van der Waals surface area contributed by atoms with Gasteiger partial charge in [0.15, 0.2) is 5.78 Å². The van der Waals surface area contributed by atoms with Crippen molar-refractivity contribution in [3.8, 4) is 34.4 Å².